The third-order valence-electron chi connectivity index (χ3n) is 4.22. The molecule has 2 nitrogen and oxygen atoms in total. The van der Waals surface area contributed by atoms with Crippen LogP contribution in [0.5, 0.6) is 0 Å². The van der Waals surface area contributed by atoms with E-state index < -0.39 is 0 Å². The first-order chi connectivity index (χ1) is 12.1. The minimum absolute atomic E-state index is 0.174. The first kappa shape index (κ1) is 19.3. The molecule has 25 heavy (non-hydrogen) atoms. The minimum atomic E-state index is 0.174. The average molecular weight is 338 g/mol. The lowest BCUT2D eigenvalue weighted by Crippen LogP contribution is -2.02. The van der Waals surface area contributed by atoms with Gasteiger partial charge in [-0.2, -0.15) is 0 Å². The van der Waals surface area contributed by atoms with Crippen molar-refractivity contribution in [2.75, 3.05) is 13.2 Å². The number of ether oxygens (including phenoxy) is 1. The maximum absolute atomic E-state index is 9.32. The minimum Gasteiger partial charge on any atom is -0.501 e. The van der Waals surface area contributed by atoms with E-state index in [2.05, 4.69) is 49.4 Å². The van der Waals surface area contributed by atoms with Crippen LogP contribution in [0, 0.1) is 0 Å². The van der Waals surface area contributed by atoms with Crippen LogP contribution in [0.1, 0.15) is 43.9 Å². The van der Waals surface area contributed by atoms with Crippen LogP contribution in [0.15, 0.2) is 54.3 Å². The smallest absolute Gasteiger partial charge is 0.0913 e. The van der Waals surface area contributed by atoms with E-state index in [1.54, 1.807) is 0 Å². The van der Waals surface area contributed by atoms with Crippen LogP contribution < -0.4 is 0 Å². The predicted octanol–water partition coefficient (Wildman–Crippen LogP) is 5.32. The van der Waals surface area contributed by atoms with Gasteiger partial charge in [0.05, 0.1) is 12.9 Å². The maximum atomic E-state index is 9.32. The molecule has 2 rings (SSSR count). The van der Waals surface area contributed by atoms with Gasteiger partial charge in [-0.1, -0.05) is 55.8 Å². The van der Waals surface area contributed by atoms with Gasteiger partial charge in [0, 0.05) is 13.0 Å². The molecule has 0 amide bonds. The molecule has 0 heterocycles. The van der Waals surface area contributed by atoms with Crippen molar-refractivity contribution in [1.82, 2.24) is 0 Å². The van der Waals surface area contributed by atoms with Gasteiger partial charge in [0.1, 0.15) is 0 Å². The van der Waals surface area contributed by atoms with E-state index >= 15 is 0 Å². The number of aryl methyl sites for hydroxylation is 1. The third kappa shape index (κ3) is 6.06. The Balaban J connectivity index is 2.18. The van der Waals surface area contributed by atoms with Crippen LogP contribution in [0.2, 0.25) is 0 Å². The van der Waals surface area contributed by atoms with Gasteiger partial charge in [0.25, 0.3) is 0 Å². The zero-order valence-electron chi connectivity index (χ0n) is 15.7. The lowest BCUT2D eigenvalue weighted by atomic mass is 9.95. The molecule has 0 spiro atoms. The molecular weight excluding hydrogens is 308 g/mol. The Bertz CT molecular complexity index is 680. The topological polar surface area (TPSA) is 29.5 Å². The lowest BCUT2D eigenvalue weighted by Gasteiger charge is -2.12. The fourth-order valence-corrected chi connectivity index (χ4v) is 2.95. The molecular formula is C23H30O2. The largest absolute Gasteiger partial charge is 0.501 e. The summed E-state index contributed by atoms with van der Waals surface area (Å²) in [5, 5.41) is 9.32. The second-order valence-corrected chi connectivity index (χ2v) is 6.72. The van der Waals surface area contributed by atoms with Gasteiger partial charge in [-0.3, -0.25) is 0 Å². The summed E-state index contributed by atoms with van der Waals surface area (Å²) < 4.78 is 5.60. The molecule has 134 valence electrons. The van der Waals surface area contributed by atoms with Gasteiger partial charge in [-0.25, -0.2) is 0 Å². The maximum Gasteiger partial charge on any atom is 0.0913 e. The van der Waals surface area contributed by atoms with E-state index in [-0.39, 0.29) is 6.61 Å². The van der Waals surface area contributed by atoms with Crippen molar-refractivity contribution < 1.29 is 9.84 Å². The average Bonchev–Trinajstić information content (AvgIpc) is 2.61. The van der Waals surface area contributed by atoms with Crippen molar-refractivity contribution in [3.63, 3.8) is 0 Å². The van der Waals surface area contributed by atoms with E-state index in [1.165, 1.54) is 34.2 Å². The van der Waals surface area contributed by atoms with Crippen LogP contribution >= 0.6 is 0 Å². The fraction of sp³-hybridized carbons (Fsp3) is 0.391. The summed E-state index contributed by atoms with van der Waals surface area (Å²) in [6.07, 6.45) is 5.64. The Morgan fingerprint density at radius 3 is 2.28 bits per heavy atom. The molecule has 0 unspecified atom stereocenters. The highest BCUT2D eigenvalue weighted by Crippen LogP contribution is 2.24. The van der Waals surface area contributed by atoms with E-state index in [0.29, 0.717) is 13.0 Å². The van der Waals surface area contributed by atoms with Crippen LogP contribution in [0.3, 0.4) is 0 Å². The summed E-state index contributed by atoms with van der Waals surface area (Å²) in [7, 11) is 0. The summed E-state index contributed by atoms with van der Waals surface area (Å²) in [6.45, 7) is 7.09. The first-order valence-electron chi connectivity index (χ1n) is 9.21. The van der Waals surface area contributed by atoms with Crippen LogP contribution in [0.4, 0.5) is 0 Å². The zero-order chi connectivity index (χ0) is 18.1. The van der Waals surface area contributed by atoms with Crippen molar-refractivity contribution in [2.45, 2.75) is 46.5 Å². The monoisotopic (exact) mass is 338 g/mol. The normalized spacial score (nSPS) is 10.6. The number of aliphatic hydroxyl groups is 1. The SMILES string of the molecule is CCCc1ccc(-c2ccc(CCO)c(CCOC=C(C)C)c2)cc1. The molecule has 1 N–H and O–H groups in total. The van der Waals surface area contributed by atoms with Gasteiger partial charge in [-0.15, -0.1) is 0 Å². The van der Waals surface area contributed by atoms with Gasteiger partial charge in [-0.05, 0) is 60.1 Å². The Kier molecular flexibility index (Phi) is 7.75. The third-order valence-corrected chi connectivity index (χ3v) is 4.22. The van der Waals surface area contributed by atoms with E-state index in [0.717, 1.165) is 18.4 Å². The molecule has 0 aliphatic heterocycles. The summed E-state index contributed by atoms with van der Waals surface area (Å²) in [5.74, 6) is 0. The summed E-state index contributed by atoms with van der Waals surface area (Å²) in [4.78, 5) is 0. The summed E-state index contributed by atoms with van der Waals surface area (Å²) in [5.41, 5.74) is 7.47. The Morgan fingerprint density at radius 2 is 1.64 bits per heavy atom. The summed E-state index contributed by atoms with van der Waals surface area (Å²) in [6, 6.07) is 15.4. The number of rotatable bonds is 9. The van der Waals surface area contributed by atoms with Crippen LogP contribution in [-0.4, -0.2) is 18.3 Å². The van der Waals surface area contributed by atoms with E-state index in [9.17, 15) is 5.11 Å². The predicted molar refractivity (Wildman–Crippen MR) is 106 cm³/mol. The summed E-state index contributed by atoms with van der Waals surface area (Å²) >= 11 is 0. The Morgan fingerprint density at radius 1 is 0.920 bits per heavy atom. The quantitative estimate of drug-likeness (QED) is 0.495. The zero-order valence-corrected chi connectivity index (χ0v) is 15.7. The van der Waals surface area contributed by atoms with Crippen molar-refractivity contribution in [1.29, 1.82) is 0 Å². The van der Waals surface area contributed by atoms with Gasteiger partial charge in [0.15, 0.2) is 0 Å². The van der Waals surface area contributed by atoms with E-state index in [4.69, 9.17) is 4.74 Å². The Labute approximate surface area is 152 Å². The Hall–Kier alpha value is -2.06. The number of allylic oxidation sites excluding steroid dienone is 1. The molecule has 2 heteroatoms. The standard InChI is InChI=1S/C23H30O2/c1-4-5-19-6-8-20(9-7-19)22-11-10-21(12-14-24)23(16-22)13-15-25-17-18(2)3/h6-11,16-17,24H,4-5,12-15H2,1-3H3. The second kappa shape index (κ2) is 10.0. The number of aliphatic hydroxyl groups excluding tert-OH is 1. The number of hydrogen-bond acceptors (Lipinski definition) is 2. The van der Waals surface area contributed by atoms with Gasteiger partial charge >= 0.3 is 0 Å². The molecule has 0 saturated heterocycles. The lowest BCUT2D eigenvalue weighted by molar-refractivity contribution is 0.250. The molecule has 0 aliphatic carbocycles. The van der Waals surface area contributed by atoms with Crippen molar-refractivity contribution in [3.8, 4) is 11.1 Å². The molecule has 0 fully saturated rings. The highest BCUT2D eigenvalue weighted by atomic mass is 16.5. The molecule has 0 aliphatic rings. The first-order valence-corrected chi connectivity index (χ1v) is 9.21. The molecule has 0 radical (unpaired) electrons. The highest BCUT2D eigenvalue weighted by Gasteiger charge is 2.06. The molecule has 0 bridgehead atoms. The van der Waals surface area contributed by atoms with Crippen molar-refractivity contribution in [3.05, 3.63) is 71.0 Å². The number of hydrogen-bond donors (Lipinski definition) is 1. The molecule has 0 atom stereocenters. The van der Waals surface area contributed by atoms with Gasteiger partial charge in [0.2, 0.25) is 0 Å². The molecule has 0 aromatic heterocycles. The number of benzene rings is 2. The molecule has 2 aromatic carbocycles. The van der Waals surface area contributed by atoms with E-state index in [1.807, 2.05) is 20.1 Å². The fourth-order valence-electron chi connectivity index (χ4n) is 2.95. The van der Waals surface area contributed by atoms with Crippen LogP contribution in [-0.2, 0) is 24.0 Å². The van der Waals surface area contributed by atoms with Crippen molar-refractivity contribution >= 4 is 0 Å². The second-order valence-electron chi connectivity index (χ2n) is 6.72. The van der Waals surface area contributed by atoms with Crippen molar-refractivity contribution in [2.24, 2.45) is 0 Å². The van der Waals surface area contributed by atoms with Crippen LogP contribution in [0.25, 0.3) is 11.1 Å². The molecule has 2 aromatic rings. The highest BCUT2D eigenvalue weighted by molar-refractivity contribution is 5.65. The molecule has 0 saturated carbocycles. The van der Waals surface area contributed by atoms with Gasteiger partial charge < -0.3 is 9.84 Å².